The van der Waals surface area contributed by atoms with Gasteiger partial charge in [-0.3, -0.25) is 0 Å². The summed E-state index contributed by atoms with van der Waals surface area (Å²) >= 11 is 1.81. The SMILES string of the molecule is CC(C)(C)c1ccc(-c2cn(C3CNC3)nn2)s1. The van der Waals surface area contributed by atoms with Gasteiger partial charge in [-0.15, -0.1) is 16.4 Å². The van der Waals surface area contributed by atoms with E-state index in [2.05, 4.69) is 54.7 Å². The minimum Gasteiger partial charge on any atom is -0.312 e. The third-order valence-electron chi connectivity index (χ3n) is 3.24. The summed E-state index contributed by atoms with van der Waals surface area (Å²) < 4.78 is 1.97. The lowest BCUT2D eigenvalue weighted by Gasteiger charge is -2.26. The quantitative estimate of drug-likeness (QED) is 0.904. The number of nitrogens with one attached hydrogen (secondary N) is 1. The van der Waals surface area contributed by atoms with E-state index in [9.17, 15) is 0 Å². The maximum atomic E-state index is 4.28. The van der Waals surface area contributed by atoms with Crippen LogP contribution >= 0.6 is 11.3 Å². The molecule has 3 rings (SSSR count). The molecule has 0 bridgehead atoms. The molecule has 18 heavy (non-hydrogen) atoms. The van der Waals surface area contributed by atoms with Crippen LogP contribution in [0.4, 0.5) is 0 Å². The van der Waals surface area contributed by atoms with Gasteiger partial charge in [0, 0.05) is 18.0 Å². The Morgan fingerprint density at radius 2 is 2.11 bits per heavy atom. The maximum Gasteiger partial charge on any atom is 0.123 e. The fourth-order valence-corrected chi connectivity index (χ4v) is 2.92. The highest BCUT2D eigenvalue weighted by Crippen LogP contribution is 2.34. The van der Waals surface area contributed by atoms with Gasteiger partial charge in [0.1, 0.15) is 5.69 Å². The summed E-state index contributed by atoms with van der Waals surface area (Å²) in [4.78, 5) is 2.59. The van der Waals surface area contributed by atoms with E-state index in [1.807, 2.05) is 16.0 Å². The van der Waals surface area contributed by atoms with Gasteiger partial charge in [0.15, 0.2) is 0 Å². The number of hydrogen-bond acceptors (Lipinski definition) is 4. The Morgan fingerprint density at radius 1 is 1.33 bits per heavy atom. The van der Waals surface area contributed by atoms with Gasteiger partial charge in [0.2, 0.25) is 0 Å². The second-order valence-corrected chi connectivity index (χ2v) is 6.89. The summed E-state index contributed by atoms with van der Waals surface area (Å²) in [5.74, 6) is 0. The molecule has 3 heterocycles. The monoisotopic (exact) mass is 262 g/mol. The van der Waals surface area contributed by atoms with Crippen LogP contribution in [0.25, 0.3) is 10.6 Å². The molecule has 1 fully saturated rings. The number of rotatable bonds is 2. The zero-order valence-electron chi connectivity index (χ0n) is 11.0. The van der Waals surface area contributed by atoms with E-state index in [4.69, 9.17) is 0 Å². The van der Waals surface area contributed by atoms with Crippen molar-refractivity contribution in [3.05, 3.63) is 23.2 Å². The zero-order valence-corrected chi connectivity index (χ0v) is 11.8. The summed E-state index contributed by atoms with van der Waals surface area (Å²) in [5, 5.41) is 11.7. The first-order chi connectivity index (χ1) is 8.54. The van der Waals surface area contributed by atoms with Crippen molar-refractivity contribution in [3.8, 4) is 10.6 Å². The Kier molecular flexibility index (Phi) is 2.75. The summed E-state index contributed by atoms with van der Waals surface area (Å²) in [6.45, 7) is 8.71. The molecule has 2 aromatic rings. The van der Waals surface area contributed by atoms with Crippen LogP contribution in [0.5, 0.6) is 0 Å². The third-order valence-corrected chi connectivity index (χ3v) is 4.78. The summed E-state index contributed by atoms with van der Waals surface area (Å²) in [5.41, 5.74) is 1.19. The van der Waals surface area contributed by atoms with Gasteiger partial charge in [-0.2, -0.15) is 0 Å². The molecule has 5 heteroatoms. The highest BCUT2D eigenvalue weighted by atomic mass is 32.1. The molecular formula is C13H18N4S. The Morgan fingerprint density at radius 3 is 2.67 bits per heavy atom. The van der Waals surface area contributed by atoms with Crippen molar-refractivity contribution in [2.75, 3.05) is 13.1 Å². The maximum absolute atomic E-state index is 4.28. The smallest absolute Gasteiger partial charge is 0.123 e. The van der Waals surface area contributed by atoms with Gasteiger partial charge in [-0.05, 0) is 17.5 Å². The molecule has 0 aromatic carbocycles. The molecule has 1 aliphatic heterocycles. The topological polar surface area (TPSA) is 42.7 Å². The van der Waals surface area contributed by atoms with Gasteiger partial charge in [0.25, 0.3) is 0 Å². The molecule has 1 N–H and O–H groups in total. The molecule has 4 nitrogen and oxygen atoms in total. The highest BCUT2D eigenvalue weighted by Gasteiger charge is 2.21. The van der Waals surface area contributed by atoms with Crippen LogP contribution in [-0.4, -0.2) is 28.1 Å². The van der Waals surface area contributed by atoms with E-state index in [1.54, 1.807) is 0 Å². The molecule has 1 saturated heterocycles. The lowest BCUT2D eigenvalue weighted by molar-refractivity contribution is 0.313. The van der Waals surface area contributed by atoms with Crippen LogP contribution in [0.3, 0.4) is 0 Å². The van der Waals surface area contributed by atoms with E-state index in [1.165, 1.54) is 9.75 Å². The van der Waals surface area contributed by atoms with Crippen LogP contribution in [0.1, 0.15) is 31.7 Å². The van der Waals surface area contributed by atoms with Crippen molar-refractivity contribution in [2.45, 2.75) is 32.2 Å². The Balaban J connectivity index is 1.85. The third kappa shape index (κ3) is 2.08. The largest absolute Gasteiger partial charge is 0.312 e. The Labute approximate surface area is 111 Å². The number of aromatic nitrogens is 3. The second kappa shape index (κ2) is 4.17. The van der Waals surface area contributed by atoms with E-state index < -0.39 is 0 Å². The lowest BCUT2D eigenvalue weighted by atomic mass is 9.95. The van der Waals surface area contributed by atoms with Crippen molar-refractivity contribution < 1.29 is 0 Å². The summed E-state index contributed by atoms with van der Waals surface area (Å²) in [6, 6.07) is 4.83. The van der Waals surface area contributed by atoms with Gasteiger partial charge >= 0.3 is 0 Å². The van der Waals surface area contributed by atoms with Crippen molar-refractivity contribution in [1.82, 2.24) is 20.3 Å². The van der Waals surface area contributed by atoms with Crippen molar-refractivity contribution in [3.63, 3.8) is 0 Å². The standard InChI is InChI=1S/C13H18N4S/c1-13(2,3)12-5-4-11(18-12)10-8-17(16-15-10)9-6-14-7-9/h4-5,8-9,14H,6-7H2,1-3H3. The average molecular weight is 262 g/mol. The predicted octanol–water partition coefficient (Wildman–Crippen LogP) is 2.45. The highest BCUT2D eigenvalue weighted by molar-refractivity contribution is 7.15. The molecule has 0 radical (unpaired) electrons. The second-order valence-electron chi connectivity index (χ2n) is 5.81. The molecular weight excluding hydrogens is 244 g/mol. The number of hydrogen-bond donors (Lipinski definition) is 1. The van der Waals surface area contributed by atoms with E-state index in [0.29, 0.717) is 6.04 Å². The van der Waals surface area contributed by atoms with Gasteiger partial charge in [-0.25, -0.2) is 4.68 Å². The number of thiophene rings is 1. The molecule has 0 aliphatic carbocycles. The van der Waals surface area contributed by atoms with Crippen molar-refractivity contribution >= 4 is 11.3 Å². The van der Waals surface area contributed by atoms with Crippen LogP contribution in [-0.2, 0) is 5.41 Å². The van der Waals surface area contributed by atoms with E-state index >= 15 is 0 Å². The first-order valence-electron chi connectivity index (χ1n) is 6.27. The van der Waals surface area contributed by atoms with Gasteiger partial charge in [-0.1, -0.05) is 26.0 Å². The zero-order chi connectivity index (χ0) is 12.8. The van der Waals surface area contributed by atoms with E-state index in [-0.39, 0.29) is 5.41 Å². The molecule has 2 aromatic heterocycles. The minimum atomic E-state index is 0.205. The van der Waals surface area contributed by atoms with Gasteiger partial charge < -0.3 is 5.32 Å². The fraction of sp³-hybridized carbons (Fsp3) is 0.538. The normalized spacial score (nSPS) is 16.8. The predicted molar refractivity (Wildman–Crippen MR) is 73.9 cm³/mol. The molecule has 96 valence electrons. The summed E-state index contributed by atoms with van der Waals surface area (Å²) in [6.07, 6.45) is 2.06. The first kappa shape index (κ1) is 11.9. The average Bonchev–Trinajstić information content (AvgIpc) is 2.78. The van der Waals surface area contributed by atoms with Crippen molar-refractivity contribution in [2.24, 2.45) is 0 Å². The molecule has 0 spiro atoms. The van der Waals surface area contributed by atoms with Crippen LogP contribution in [0.2, 0.25) is 0 Å². The Hall–Kier alpha value is -1.20. The van der Waals surface area contributed by atoms with Crippen LogP contribution in [0.15, 0.2) is 18.3 Å². The van der Waals surface area contributed by atoms with Crippen molar-refractivity contribution in [1.29, 1.82) is 0 Å². The Bertz CT molecular complexity index is 545. The summed E-state index contributed by atoms with van der Waals surface area (Å²) in [7, 11) is 0. The molecule has 0 unspecified atom stereocenters. The fourth-order valence-electron chi connectivity index (χ4n) is 1.91. The molecule has 0 saturated carbocycles. The lowest BCUT2D eigenvalue weighted by Crippen LogP contribution is -2.43. The van der Waals surface area contributed by atoms with Crippen LogP contribution in [0, 0.1) is 0 Å². The molecule has 0 atom stereocenters. The molecule has 1 aliphatic rings. The van der Waals surface area contributed by atoms with E-state index in [0.717, 1.165) is 18.8 Å². The van der Waals surface area contributed by atoms with Gasteiger partial charge in [0.05, 0.1) is 17.1 Å². The molecule has 0 amide bonds. The number of nitrogens with zero attached hydrogens (tertiary/aromatic N) is 3. The first-order valence-corrected chi connectivity index (χ1v) is 7.09. The minimum absolute atomic E-state index is 0.205. The van der Waals surface area contributed by atoms with Crippen LogP contribution < -0.4 is 5.32 Å².